The van der Waals surface area contributed by atoms with E-state index in [2.05, 4.69) is 11.4 Å². The first kappa shape index (κ1) is 17.9. The summed E-state index contributed by atoms with van der Waals surface area (Å²) in [5, 5.41) is 3.61. The molecular formula is C19H21N3O4S. The van der Waals surface area contributed by atoms with Gasteiger partial charge in [0, 0.05) is 25.4 Å². The smallest absolute Gasteiger partial charge is 0.329 e. The summed E-state index contributed by atoms with van der Waals surface area (Å²) in [6, 6.07) is 7.42. The summed E-state index contributed by atoms with van der Waals surface area (Å²) < 4.78 is 6.28. The molecule has 2 saturated heterocycles. The Morgan fingerprint density at radius 2 is 2.15 bits per heavy atom. The van der Waals surface area contributed by atoms with Crippen molar-refractivity contribution in [1.82, 2.24) is 15.2 Å². The van der Waals surface area contributed by atoms with E-state index < -0.39 is 12.0 Å². The number of carbonyl (C=O) groups excluding carboxylic acids is 3. The van der Waals surface area contributed by atoms with E-state index in [-0.39, 0.29) is 24.3 Å². The van der Waals surface area contributed by atoms with Gasteiger partial charge in [-0.2, -0.15) is 0 Å². The van der Waals surface area contributed by atoms with Crippen molar-refractivity contribution in [3.8, 4) is 0 Å². The zero-order valence-corrected chi connectivity index (χ0v) is 15.7. The van der Waals surface area contributed by atoms with Crippen LogP contribution in [0, 0.1) is 0 Å². The number of thiazole rings is 1. The molecule has 2 aliphatic heterocycles. The minimum absolute atomic E-state index is 0.155. The molecule has 0 unspecified atom stereocenters. The first-order valence-corrected chi connectivity index (χ1v) is 10.0. The fourth-order valence-electron chi connectivity index (χ4n) is 3.59. The van der Waals surface area contributed by atoms with E-state index in [1.807, 2.05) is 18.2 Å². The summed E-state index contributed by atoms with van der Waals surface area (Å²) in [5.74, 6) is -0.671. The second kappa shape index (κ2) is 7.64. The molecule has 0 spiro atoms. The van der Waals surface area contributed by atoms with Gasteiger partial charge in [0.05, 0.1) is 15.2 Å². The third-order valence-electron chi connectivity index (χ3n) is 5.05. The molecule has 1 aromatic carbocycles. The molecule has 1 aromatic heterocycles. The Labute approximate surface area is 160 Å². The van der Waals surface area contributed by atoms with E-state index in [4.69, 9.17) is 9.72 Å². The number of para-hydroxylation sites is 1. The molecule has 0 saturated carbocycles. The second-order valence-corrected chi connectivity index (χ2v) is 8.03. The van der Waals surface area contributed by atoms with Crippen LogP contribution in [0.2, 0.25) is 0 Å². The molecule has 2 amide bonds. The maximum absolute atomic E-state index is 12.5. The van der Waals surface area contributed by atoms with Crippen LogP contribution < -0.4 is 5.32 Å². The Bertz CT molecular complexity index is 848. The summed E-state index contributed by atoms with van der Waals surface area (Å²) in [6.07, 6.45) is 2.65. The van der Waals surface area contributed by atoms with Gasteiger partial charge >= 0.3 is 5.97 Å². The summed E-state index contributed by atoms with van der Waals surface area (Å²) in [5.41, 5.74) is 0.994. The highest BCUT2D eigenvalue weighted by Crippen LogP contribution is 2.32. The third kappa shape index (κ3) is 3.95. The Kier molecular flexibility index (Phi) is 5.07. The number of hydrogen-bond acceptors (Lipinski definition) is 6. The van der Waals surface area contributed by atoms with Gasteiger partial charge in [-0.25, -0.2) is 9.78 Å². The number of likely N-dealkylation sites (tertiary alicyclic amines) is 1. The van der Waals surface area contributed by atoms with Crippen molar-refractivity contribution in [2.75, 3.05) is 19.7 Å². The second-order valence-electron chi connectivity index (χ2n) is 6.97. The summed E-state index contributed by atoms with van der Waals surface area (Å²) in [6.45, 7) is 0.978. The topological polar surface area (TPSA) is 88.6 Å². The zero-order chi connectivity index (χ0) is 18.8. The molecule has 0 bridgehead atoms. The number of piperidine rings is 1. The standard InChI is InChI=1S/C19H21N3O4S/c23-16-8-7-14(20-16)19(25)26-11-17(24)22-9-3-4-12(10-22)18-21-13-5-1-2-6-15(13)27-18/h1-2,5-6,12,14H,3-4,7-11H2,(H,20,23)/t12-,14-/m1/s1. The van der Waals surface area contributed by atoms with Gasteiger partial charge in [-0.1, -0.05) is 12.1 Å². The van der Waals surface area contributed by atoms with Crippen molar-refractivity contribution >= 4 is 39.3 Å². The fourth-order valence-corrected chi connectivity index (χ4v) is 4.68. The largest absolute Gasteiger partial charge is 0.454 e. The van der Waals surface area contributed by atoms with Crippen LogP contribution in [-0.2, 0) is 19.1 Å². The van der Waals surface area contributed by atoms with Crippen LogP contribution in [0.25, 0.3) is 10.2 Å². The highest BCUT2D eigenvalue weighted by Gasteiger charge is 2.31. The van der Waals surface area contributed by atoms with Gasteiger partial charge in [0.1, 0.15) is 6.04 Å². The van der Waals surface area contributed by atoms with Crippen molar-refractivity contribution < 1.29 is 19.1 Å². The quantitative estimate of drug-likeness (QED) is 0.809. The Morgan fingerprint density at radius 1 is 1.30 bits per heavy atom. The number of carbonyl (C=O) groups is 3. The number of aromatic nitrogens is 1. The van der Waals surface area contributed by atoms with Crippen LogP contribution in [0.15, 0.2) is 24.3 Å². The molecule has 142 valence electrons. The summed E-state index contributed by atoms with van der Waals surface area (Å²) in [4.78, 5) is 42.1. The predicted molar refractivity (Wildman–Crippen MR) is 100 cm³/mol. The molecule has 0 radical (unpaired) electrons. The summed E-state index contributed by atoms with van der Waals surface area (Å²) in [7, 11) is 0. The highest BCUT2D eigenvalue weighted by atomic mass is 32.1. The lowest BCUT2D eigenvalue weighted by Gasteiger charge is -2.31. The van der Waals surface area contributed by atoms with Gasteiger partial charge in [-0.05, 0) is 31.4 Å². The van der Waals surface area contributed by atoms with Crippen LogP contribution in [0.5, 0.6) is 0 Å². The monoisotopic (exact) mass is 387 g/mol. The zero-order valence-electron chi connectivity index (χ0n) is 14.8. The number of nitrogens with zero attached hydrogens (tertiary/aromatic N) is 2. The minimum atomic E-state index is -0.623. The molecule has 2 aliphatic rings. The van der Waals surface area contributed by atoms with Crippen LogP contribution in [0.4, 0.5) is 0 Å². The predicted octanol–water partition coefficient (Wildman–Crippen LogP) is 1.82. The van der Waals surface area contributed by atoms with Crippen molar-refractivity contribution in [1.29, 1.82) is 0 Å². The molecule has 2 aromatic rings. The van der Waals surface area contributed by atoms with E-state index in [9.17, 15) is 14.4 Å². The number of benzene rings is 1. The van der Waals surface area contributed by atoms with Crippen LogP contribution >= 0.6 is 11.3 Å². The van der Waals surface area contributed by atoms with Gasteiger partial charge in [-0.15, -0.1) is 11.3 Å². The van der Waals surface area contributed by atoms with E-state index in [0.29, 0.717) is 25.9 Å². The molecule has 0 aliphatic carbocycles. The average Bonchev–Trinajstić information content (AvgIpc) is 3.32. The number of amides is 2. The average molecular weight is 387 g/mol. The molecule has 1 N–H and O–H groups in total. The van der Waals surface area contributed by atoms with Crippen molar-refractivity contribution in [3.05, 3.63) is 29.3 Å². The molecule has 27 heavy (non-hydrogen) atoms. The normalized spacial score (nSPS) is 22.7. The lowest BCUT2D eigenvalue weighted by Crippen LogP contribution is -2.42. The van der Waals surface area contributed by atoms with E-state index >= 15 is 0 Å². The molecule has 8 heteroatoms. The summed E-state index contributed by atoms with van der Waals surface area (Å²) >= 11 is 1.68. The lowest BCUT2D eigenvalue weighted by atomic mass is 9.99. The van der Waals surface area contributed by atoms with Gasteiger partial charge < -0.3 is 15.0 Å². The van der Waals surface area contributed by atoms with Gasteiger partial charge in [0.15, 0.2) is 6.61 Å². The van der Waals surface area contributed by atoms with Gasteiger partial charge in [0.2, 0.25) is 5.91 Å². The maximum atomic E-state index is 12.5. The molecule has 2 fully saturated rings. The Balaban J connectivity index is 1.34. The SMILES string of the molecule is O=C1CC[C@H](C(=O)OCC(=O)N2CCC[C@@H](c3nc4ccccc4s3)C2)N1. The highest BCUT2D eigenvalue weighted by molar-refractivity contribution is 7.18. The minimum Gasteiger partial charge on any atom is -0.454 e. The van der Waals surface area contributed by atoms with Crippen LogP contribution in [0.1, 0.15) is 36.6 Å². The van der Waals surface area contributed by atoms with Crippen molar-refractivity contribution in [3.63, 3.8) is 0 Å². The number of hydrogen-bond donors (Lipinski definition) is 1. The van der Waals surface area contributed by atoms with Gasteiger partial charge in [-0.3, -0.25) is 9.59 Å². The lowest BCUT2D eigenvalue weighted by molar-refractivity contribution is -0.154. The molecular weight excluding hydrogens is 366 g/mol. The molecule has 3 heterocycles. The molecule has 7 nitrogen and oxygen atoms in total. The van der Waals surface area contributed by atoms with Crippen molar-refractivity contribution in [2.45, 2.75) is 37.6 Å². The first-order chi connectivity index (χ1) is 13.1. The van der Waals surface area contributed by atoms with Gasteiger partial charge in [0.25, 0.3) is 5.91 Å². The Morgan fingerprint density at radius 3 is 2.93 bits per heavy atom. The number of ether oxygens (including phenoxy) is 1. The molecule has 4 rings (SSSR count). The first-order valence-electron chi connectivity index (χ1n) is 9.19. The molecule has 2 atom stereocenters. The number of rotatable bonds is 4. The number of esters is 1. The van der Waals surface area contributed by atoms with E-state index in [1.54, 1.807) is 16.2 Å². The third-order valence-corrected chi connectivity index (χ3v) is 6.25. The van der Waals surface area contributed by atoms with E-state index in [0.717, 1.165) is 28.1 Å². The maximum Gasteiger partial charge on any atom is 0.329 e. The van der Waals surface area contributed by atoms with E-state index in [1.165, 1.54) is 0 Å². The van der Waals surface area contributed by atoms with Crippen molar-refractivity contribution in [2.24, 2.45) is 0 Å². The number of nitrogens with one attached hydrogen (secondary N) is 1. The van der Waals surface area contributed by atoms with Crippen LogP contribution in [-0.4, -0.2) is 53.4 Å². The Hall–Kier alpha value is -2.48. The fraction of sp³-hybridized carbons (Fsp3) is 0.474. The van der Waals surface area contributed by atoms with Crippen LogP contribution in [0.3, 0.4) is 0 Å². The number of fused-ring (bicyclic) bond motifs is 1.